The smallest absolute Gasteiger partial charge is 0.122 e. The Labute approximate surface area is 98.9 Å². The van der Waals surface area contributed by atoms with E-state index in [9.17, 15) is 0 Å². The monoisotopic (exact) mass is 252 g/mol. The van der Waals surface area contributed by atoms with Crippen LogP contribution < -0.4 is 4.74 Å². The highest BCUT2D eigenvalue weighted by molar-refractivity contribution is 6.48. The predicted molar refractivity (Wildman–Crippen MR) is 61.9 cm³/mol. The van der Waals surface area contributed by atoms with Crippen molar-refractivity contribution in [2.24, 2.45) is 0 Å². The number of hydrogen-bond acceptors (Lipinski definition) is 1. The molecule has 1 aromatic rings. The minimum absolute atomic E-state index is 0.371. The van der Waals surface area contributed by atoms with Crippen LogP contribution in [-0.4, -0.2) is 6.61 Å². The third kappa shape index (κ3) is 3.23. The van der Waals surface area contributed by atoms with Crippen molar-refractivity contribution in [3.63, 3.8) is 0 Å². The SMILES string of the molecule is CCCCOc1cc(Cl)c(Cl)c(Cl)c1. The van der Waals surface area contributed by atoms with Crippen molar-refractivity contribution < 1.29 is 4.74 Å². The van der Waals surface area contributed by atoms with Gasteiger partial charge in [0.05, 0.1) is 21.7 Å². The maximum absolute atomic E-state index is 5.84. The van der Waals surface area contributed by atoms with Crippen LogP contribution in [0.25, 0.3) is 0 Å². The lowest BCUT2D eigenvalue weighted by Crippen LogP contribution is -1.96. The van der Waals surface area contributed by atoms with Gasteiger partial charge in [0, 0.05) is 12.1 Å². The largest absolute Gasteiger partial charge is 0.493 e. The fourth-order valence-corrected chi connectivity index (χ4v) is 1.53. The number of unbranched alkanes of at least 4 members (excludes halogenated alkanes) is 1. The molecule has 0 radical (unpaired) electrons. The van der Waals surface area contributed by atoms with E-state index in [1.54, 1.807) is 12.1 Å². The van der Waals surface area contributed by atoms with Gasteiger partial charge in [-0.25, -0.2) is 0 Å². The van der Waals surface area contributed by atoms with E-state index in [-0.39, 0.29) is 0 Å². The number of hydrogen-bond donors (Lipinski definition) is 0. The van der Waals surface area contributed by atoms with Crippen LogP contribution in [0.3, 0.4) is 0 Å². The second-order valence-corrected chi connectivity index (χ2v) is 4.10. The molecule has 0 fully saturated rings. The highest BCUT2D eigenvalue weighted by Gasteiger charge is 2.06. The van der Waals surface area contributed by atoms with E-state index in [0.29, 0.717) is 27.4 Å². The fraction of sp³-hybridized carbons (Fsp3) is 0.400. The van der Waals surface area contributed by atoms with Crippen LogP contribution in [0.4, 0.5) is 0 Å². The normalized spacial score (nSPS) is 10.3. The van der Waals surface area contributed by atoms with Crippen molar-refractivity contribution in [3.8, 4) is 5.75 Å². The van der Waals surface area contributed by atoms with E-state index in [1.807, 2.05) is 0 Å². The molecule has 1 nitrogen and oxygen atoms in total. The highest BCUT2D eigenvalue weighted by atomic mass is 35.5. The van der Waals surface area contributed by atoms with E-state index < -0.39 is 0 Å². The number of benzene rings is 1. The lowest BCUT2D eigenvalue weighted by Gasteiger charge is -2.07. The van der Waals surface area contributed by atoms with Crippen LogP contribution in [0.2, 0.25) is 15.1 Å². The molecule has 0 bridgehead atoms. The van der Waals surface area contributed by atoms with Gasteiger partial charge in [-0.05, 0) is 6.42 Å². The first-order chi connectivity index (χ1) is 6.65. The molecular formula is C10H11Cl3O. The lowest BCUT2D eigenvalue weighted by atomic mass is 10.3. The Hall–Kier alpha value is -0.110. The van der Waals surface area contributed by atoms with Gasteiger partial charge in [-0.3, -0.25) is 0 Å². The van der Waals surface area contributed by atoms with E-state index in [1.165, 1.54) is 0 Å². The number of ether oxygens (including phenoxy) is 1. The average molecular weight is 254 g/mol. The van der Waals surface area contributed by atoms with Crippen molar-refractivity contribution in [1.29, 1.82) is 0 Å². The molecule has 0 atom stereocenters. The van der Waals surface area contributed by atoms with Gasteiger partial charge in [0.1, 0.15) is 5.75 Å². The maximum atomic E-state index is 5.84. The van der Waals surface area contributed by atoms with Crippen molar-refractivity contribution in [3.05, 3.63) is 27.2 Å². The van der Waals surface area contributed by atoms with Gasteiger partial charge in [-0.1, -0.05) is 48.1 Å². The Balaban J connectivity index is 2.69. The van der Waals surface area contributed by atoms with E-state index in [0.717, 1.165) is 12.8 Å². The van der Waals surface area contributed by atoms with Gasteiger partial charge in [0.15, 0.2) is 0 Å². The summed E-state index contributed by atoms with van der Waals surface area (Å²) in [6.07, 6.45) is 2.10. The average Bonchev–Trinajstić information content (AvgIpc) is 2.14. The van der Waals surface area contributed by atoms with Crippen molar-refractivity contribution >= 4 is 34.8 Å². The Bertz CT molecular complexity index is 289. The summed E-state index contributed by atoms with van der Waals surface area (Å²) in [5, 5.41) is 1.22. The molecule has 0 saturated carbocycles. The van der Waals surface area contributed by atoms with Crippen LogP contribution in [0.5, 0.6) is 5.75 Å². The summed E-state index contributed by atoms with van der Waals surface area (Å²) < 4.78 is 5.44. The summed E-state index contributed by atoms with van der Waals surface area (Å²) in [7, 11) is 0. The summed E-state index contributed by atoms with van der Waals surface area (Å²) in [5.74, 6) is 0.665. The van der Waals surface area contributed by atoms with Crippen LogP contribution in [0, 0.1) is 0 Å². The third-order valence-electron chi connectivity index (χ3n) is 1.72. The Kier molecular flexibility index (Phi) is 4.86. The molecule has 0 heterocycles. The van der Waals surface area contributed by atoms with Gasteiger partial charge in [0.25, 0.3) is 0 Å². The summed E-state index contributed by atoms with van der Waals surface area (Å²) in [5.41, 5.74) is 0. The highest BCUT2D eigenvalue weighted by Crippen LogP contribution is 2.34. The Morgan fingerprint density at radius 1 is 1.14 bits per heavy atom. The minimum Gasteiger partial charge on any atom is -0.493 e. The van der Waals surface area contributed by atoms with Gasteiger partial charge in [-0.15, -0.1) is 0 Å². The van der Waals surface area contributed by atoms with Gasteiger partial charge >= 0.3 is 0 Å². The Morgan fingerprint density at radius 2 is 1.71 bits per heavy atom. The molecule has 0 aliphatic rings. The zero-order valence-electron chi connectivity index (χ0n) is 7.82. The molecule has 0 aliphatic heterocycles. The Morgan fingerprint density at radius 3 is 2.21 bits per heavy atom. The van der Waals surface area contributed by atoms with E-state index >= 15 is 0 Å². The van der Waals surface area contributed by atoms with Crippen molar-refractivity contribution in [1.82, 2.24) is 0 Å². The second-order valence-electron chi connectivity index (χ2n) is 2.90. The molecule has 14 heavy (non-hydrogen) atoms. The van der Waals surface area contributed by atoms with Crippen molar-refractivity contribution in [2.75, 3.05) is 6.61 Å². The van der Waals surface area contributed by atoms with Crippen LogP contribution in [-0.2, 0) is 0 Å². The first-order valence-electron chi connectivity index (χ1n) is 4.42. The summed E-state index contributed by atoms with van der Waals surface area (Å²) in [6.45, 7) is 2.77. The van der Waals surface area contributed by atoms with Gasteiger partial charge in [-0.2, -0.15) is 0 Å². The number of halogens is 3. The molecule has 0 aromatic heterocycles. The zero-order chi connectivity index (χ0) is 10.6. The molecule has 0 amide bonds. The van der Waals surface area contributed by atoms with Crippen molar-refractivity contribution in [2.45, 2.75) is 19.8 Å². The predicted octanol–water partition coefficient (Wildman–Crippen LogP) is 4.83. The topological polar surface area (TPSA) is 9.23 Å². The first-order valence-corrected chi connectivity index (χ1v) is 5.56. The number of rotatable bonds is 4. The second kappa shape index (κ2) is 5.69. The molecule has 1 aromatic carbocycles. The molecule has 78 valence electrons. The zero-order valence-corrected chi connectivity index (χ0v) is 10.1. The lowest BCUT2D eigenvalue weighted by molar-refractivity contribution is 0.309. The standard InChI is InChI=1S/C10H11Cl3O/c1-2-3-4-14-7-5-8(11)10(13)9(12)6-7/h5-6H,2-4H2,1H3. The molecule has 0 spiro atoms. The maximum Gasteiger partial charge on any atom is 0.122 e. The molecule has 4 heteroatoms. The molecule has 1 rings (SSSR count). The van der Waals surface area contributed by atoms with E-state index in [4.69, 9.17) is 39.5 Å². The molecular weight excluding hydrogens is 242 g/mol. The molecule has 0 aliphatic carbocycles. The fourth-order valence-electron chi connectivity index (χ4n) is 0.950. The van der Waals surface area contributed by atoms with Crippen LogP contribution in [0.15, 0.2) is 12.1 Å². The first kappa shape index (κ1) is 12.0. The molecule has 0 unspecified atom stereocenters. The summed E-state index contributed by atoms with van der Waals surface area (Å²) >= 11 is 17.5. The van der Waals surface area contributed by atoms with E-state index in [2.05, 4.69) is 6.92 Å². The minimum atomic E-state index is 0.371. The van der Waals surface area contributed by atoms with Gasteiger partial charge < -0.3 is 4.74 Å². The third-order valence-corrected chi connectivity index (χ3v) is 2.92. The van der Waals surface area contributed by atoms with Crippen LogP contribution in [0.1, 0.15) is 19.8 Å². The summed E-state index contributed by atoms with van der Waals surface area (Å²) in [6, 6.07) is 3.34. The summed E-state index contributed by atoms with van der Waals surface area (Å²) in [4.78, 5) is 0. The quantitative estimate of drug-likeness (QED) is 0.552. The molecule has 0 N–H and O–H groups in total. The van der Waals surface area contributed by atoms with Gasteiger partial charge in [0.2, 0.25) is 0 Å². The molecule has 0 saturated heterocycles. The van der Waals surface area contributed by atoms with Crippen LogP contribution >= 0.6 is 34.8 Å².